The number of anilines is 1. The van der Waals surface area contributed by atoms with Crippen LogP contribution in [0.2, 0.25) is 0 Å². The molecular formula is C16H15N5Na2O7S3. The first-order valence-corrected chi connectivity index (χ1v) is 11.9. The molecule has 0 aliphatic carbocycles. The van der Waals surface area contributed by atoms with Crippen molar-refractivity contribution in [2.45, 2.75) is 11.4 Å². The summed E-state index contributed by atoms with van der Waals surface area (Å²) in [5, 5.41) is 29.0. The quantitative estimate of drug-likeness (QED) is 0.133. The molecule has 2 aliphatic rings. The van der Waals surface area contributed by atoms with E-state index in [0.717, 1.165) is 16.2 Å². The van der Waals surface area contributed by atoms with Crippen LogP contribution in [0.1, 0.15) is 5.69 Å². The smallest absolute Gasteiger partial charge is 0.546 e. The molecule has 0 bridgehead atoms. The van der Waals surface area contributed by atoms with Gasteiger partial charge in [-0.15, -0.1) is 23.1 Å². The number of nitrogens with one attached hydrogen (secondary N) is 1. The number of β-lactam (4-membered cyclic amide) rings is 1. The normalized spacial score (nSPS) is 19.5. The Morgan fingerprint density at radius 3 is 2.64 bits per heavy atom. The summed E-state index contributed by atoms with van der Waals surface area (Å²) >= 11 is 3.74. The van der Waals surface area contributed by atoms with Crippen LogP contribution in [-0.4, -0.2) is 75.1 Å². The van der Waals surface area contributed by atoms with Gasteiger partial charge >= 0.3 is 59.1 Å². The summed E-state index contributed by atoms with van der Waals surface area (Å²) in [6, 6.07) is -1.02. The number of hydrogen-bond acceptors (Lipinski definition) is 13. The van der Waals surface area contributed by atoms with Gasteiger partial charge in [0.15, 0.2) is 17.5 Å². The number of oxime groups is 1. The molecule has 0 spiro atoms. The van der Waals surface area contributed by atoms with Gasteiger partial charge in [-0.2, -0.15) is 11.8 Å². The third kappa shape index (κ3) is 6.89. The Hall–Kier alpha value is -0.780. The molecule has 12 nitrogen and oxygen atoms in total. The number of nitrogen functional groups attached to an aromatic ring is 1. The van der Waals surface area contributed by atoms with Crippen molar-refractivity contribution in [3.05, 3.63) is 22.3 Å². The monoisotopic (exact) mass is 531 g/mol. The first-order valence-electron chi connectivity index (χ1n) is 8.53. The van der Waals surface area contributed by atoms with Gasteiger partial charge in [0.1, 0.15) is 17.1 Å². The average molecular weight is 532 g/mol. The fourth-order valence-corrected chi connectivity index (χ4v) is 5.53. The van der Waals surface area contributed by atoms with Crippen molar-refractivity contribution < 1.29 is 93.3 Å². The van der Waals surface area contributed by atoms with Gasteiger partial charge < -0.3 is 35.7 Å². The van der Waals surface area contributed by atoms with Gasteiger partial charge in [-0.05, 0) is 11.8 Å². The third-order valence-electron chi connectivity index (χ3n) is 4.16. The summed E-state index contributed by atoms with van der Waals surface area (Å²) in [6.45, 7) is -0.900. The minimum atomic E-state index is -1.55. The molecule has 33 heavy (non-hydrogen) atoms. The van der Waals surface area contributed by atoms with E-state index in [1.54, 1.807) is 0 Å². The summed E-state index contributed by atoms with van der Waals surface area (Å²) in [7, 11) is 0. The van der Waals surface area contributed by atoms with Crippen molar-refractivity contribution >= 4 is 69.5 Å². The molecule has 0 unspecified atom stereocenters. The molecule has 1 aromatic heterocycles. The second-order valence-electron chi connectivity index (χ2n) is 6.19. The number of carboxylic acids is 2. The zero-order valence-corrected chi connectivity index (χ0v) is 24.3. The molecule has 3 rings (SSSR count). The van der Waals surface area contributed by atoms with E-state index >= 15 is 0 Å². The summed E-state index contributed by atoms with van der Waals surface area (Å²) < 4.78 is 0. The van der Waals surface area contributed by atoms with Crippen LogP contribution in [-0.2, 0) is 24.0 Å². The third-order valence-corrected chi connectivity index (χ3v) is 6.81. The van der Waals surface area contributed by atoms with E-state index in [2.05, 4.69) is 20.3 Å². The van der Waals surface area contributed by atoms with Crippen LogP contribution in [0.15, 0.2) is 21.8 Å². The molecule has 2 atom stereocenters. The Kier molecular flexibility index (Phi) is 12.2. The van der Waals surface area contributed by atoms with Crippen LogP contribution in [0.25, 0.3) is 0 Å². The molecule has 2 amide bonds. The van der Waals surface area contributed by atoms with E-state index in [1.165, 1.54) is 28.9 Å². The van der Waals surface area contributed by atoms with Crippen molar-refractivity contribution in [1.29, 1.82) is 0 Å². The van der Waals surface area contributed by atoms with Crippen LogP contribution in [0, 0.1) is 0 Å². The maximum Gasteiger partial charge on any atom is 1.00 e. The first kappa shape index (κ1) is 30.3. The Labute approximate surface area is 244 Å². The molecule has 1 fully saturated rings. The van der Waals surface area contributed by atoms with Gasteiger partial charge in [0.25, 0.3) is 11.8 Å². The summed E-state index contributed by atoms with van der Waals surface area (Å²) in [5.74, 6) is -3.69. The van der Waals surface area contributed by atoms with Gasteiger partial charge in [0, 0.05) is 16.9 Å². The Bertz CT molecular complexity index is 1000. The number of nitrogens with two attached hydrogens (primary N) is 1. The topological polar surface area (TPSA) is 190 Å². The molecule has 3 N–H and O–H groups in total. The second kappa shape index (κ2) is 13.3. The minimum Gasteiger partial charge on any atom is -0.546 e. The summed E-state index contributed by atoms with van der Waals surface area (Å²) in [5.41, 5.74) is 5.60. The predicted octanol–water partition coefficient (Wildman–Crippen LogP) is -9.03. The van der Waals surface area contributed by atoms with Crippen molar-refractivity contribution in [2.24, 2.45) is 5.16 Å². The molecule has 17 heteroatoms. The number of carbonyl (C=O) groups excluding carboxylic acids is 4. The Morgan fingerprint density at radius 1 is 1.39 bits per heavy atom. The number of rotatable bonds is 9. The van der Waals surface area contributed by atoms with Gasteiger partial charge in [0.05, 0.1) is 17.6 Å². The first-order chi connectivity index (χ1) is 14.7. The van der Waals surface area contributed by atoms with E-state index in [4.69, 9.17) is 5.73 Å². The Balaban J connectivity index is 0.00000272. The molecule has 0 saturated carbocycles. The number of fused-ring (bicyclic) bond motifs is 1. The largest absolute Gasteiger partial charge is 1.00 e. The number of carbonyl (C=O) groups is 4. The molecule has 1 aromatic rings. The number of aromatic nitrogens is 1. The summed E-state index contributed by atoms with van der Waals surface area (Å²) in [6.07, 6.45) is 1.81. The van der Waals surface area contributed by atoms with Crippen molar-refractivity contribution in [2.75, 3.05) is 30.1 Å². The van der Waals surface area contributed by atoms with Crippen LogP contribution in [0.5, 0.6) is 0 Å². The second-order valence-corrected chi connectivity index (χ2v) is 9.05. The van der Waals surface area contributed by atoms with Crippen molar-refractivity contribution in [1.82, 2.24) is 15.2 Å². The zero-order chi connectivity index (χ0) is 22.7. The molecule has 2 aliphatic heterocycles. The standard InChI is InChI=1S/C16H17N5O7S3.2Na/c1-29-3-6-4-30-14-10(13(25)21(14)11(6)15(26)27)19-12(24)9(20-28-2-8(22)23)7-5-31-16(17)18-7;;/h5,10,14H,2-4H2,1H3,(H2,17,18)(H,19,24)(H,22,23)(H,26,27);;/q;2*+1/p-2/b20-9-;;/t10-,14+;;/m1../s1. The fraction of sp³-hybridized carbons (Fsp3) is 0.375. The number of thiazole rings is 1. The number of thioether (sulfide) groups is 2. The minimum absolute atomic E-state index is 0. The van der Waals surface area contributed by atoms with Crippen molar-refractivity contribution in [3.8, 4) is 0 Å². The summed E-state index contributed by atoms with van der Waals surface area (Å²) in [4.78, 5) is 57.1. The molecule has 1 saturated heterocycles. The van der Waals surface area contributed by atoms with Gasteiger partial charge in [-0.1, -0.05) is 5.16 Å². The maximum absolute atomic E-state index is 12.7. The molecule has 166 valence electrons. The van der Waals surface area contributed by atoms with E-state index in [9.17, 15) is 29.4 Å². The molecule has 0 radical (unpaired) electrons. The number of amides is 2. The van der Waals surface area contributed by atoms with Crippen LogP contribution < -0.4 is 80.4 Å². The SMILES string of the molecule is CSCC1=C(C(=O)[O-])N2C(=O)[C@@H](NC(=O)/C(=N\OCC(=O)[O-])c3csc(N)n3)[C@@H]2SC1.[Na+].[Na+]. The molecular weight excluding hydrogens is 516 g/mol. The van der Waals surface area contributed by atoms with Gasteiger partial charge in [-0.25, -0.2) is 4.98 Å². The van der Waals surface area contributed by atoms with Gasteiger partial charge in [0.2, 0.25) is 0 Å². The molecule has 0 aromatic carbocycles. The van der Waals surface area contributed by atoms with E-state index in [1.807, 2.05) is 6.26 Å². The van der Waals surface area contributed by atoms with Crippen LogP contribution in [0.3, 0.4) is 0 Å². The number of aliphatic carboxylic acids is 2. The van der Waals surface area contributed by atoms with Crippen LogP contribution in [0.4, 0.5) is 5.13 Å². The fourth-order valence-electron chi connectivity index (χ4n) is 2.92. The van der Waals surface area contributed by atoms with Gasteiger partial charge in [-0.3, -0.25) is 14.5 Å². The Morgan fingerprint density at radius 2 is 2.09 bits per heavy atom. The number of nitrogens with zero attached hydrogens (tertiary/aromatic N) is 3. The molecule has 3 heterocycles. The van der Waals surface area contributed by atoms with Crippen LogP contribution >= 0.6 is 34.9 Å². The van der Waals surface area contributed by atoms with E-state index in [0.29, 0.717) is 17.1 Å². The average Bonchev–Trinajstić information content (AvgIpc) is 3.14. The number of hydrogen-bond donors (Lipinski definition) is 2. The van der Waals surface area contributed by atoms with E-state index in [-0.39, 0.29) is 81.3 Å². The predicted molar refractivity (Wildman–Crippen MR) is 109 cm³/mol. The van der Waals surface area contributed by atoms with Crippen molar-refractivity contribution in [3.63, 3.8) is 0 Å². The van der Waals surface area contributed by atoms with E-state index < -0.39 is 41.8 Å². The maximum atomic E-state index is 12.7. The zero-order valence-electron chi connectivity index (χ0n) is 17.9. The number of carboxylic acid groups (broad SMARTS) is 2.